The lowest BCUT2D eigenvalue weighted by Gasteiger charge is -2.15. The molecule has 0 aliphatic carbocycles. The van der Waals surface area contributed by atoms with Crippen LogP contribution in [-0.2, 0) is 4.79 Å². The van der Waals surface area contributed by atoms with Crippen LogP contribution in [0.4, 0.5) is 0 Å². The third-order valence-electron chi connectivity index (χ3n) is 4.37. The summed E-state index contributed by atoms with van der Waals surface area (Å²) in [5, 5.41) is 5.56. The molecule has 27 heavy (non-hydrogen) atoms. The smallest absolute Gasteiger partial charge is 0.251 e. The van der Waals surface area contributed by atoms with E-state index in [0.717, 1.165) is 16.8 Å². The van der Waals surface area contributed by atoms with Crippen molar-refractivity contribution in [2.45, 2.75) is 19.9 Å². The maximum absolute atomic E-state index is 12.2. The highest BCUT2D eigenvalue weighted by Gasteiger charge is 2.13. The first-order chi connectivity index (χ1) is 13.0. The molecule has 0 fully saturated rings. The van der Waals surface area contributed by atoms with Crippen molar-refractivity contribution in [2.75, 3.05) is 6.54 Å². The number of carbonyl (C=O) groups is 2. The van der Waals surface area contributed by atoms with Crippen LogP contribution in [-0.4, -0.2) is 27.9 Å². The van der Waals surface area contributed by atoms with Crippen LogP contribution in [0.3, 0.4) is 0 Å². The zero-order valence-corrected chi connectivity index (χ0v) is 15.3. The molecule has 138 valence electrons. The van der Waals surface area contributed by atoms with Crippen molar-refractivity contribution >= 4 is 11.8 Å². The lowest BCUT2D eigenvalue weighted by Crippen LogP contribution is -2.38. The zero-order chi connectivity index (χ0) is 19.2. The number of amides is 2. The second-order valence-electron chi connectivity index (χ2n) is 6.35. The molecule has 3 rings (SSSR count). The van der Waals surface area contributed by atoms with Gasteiger partial charge in [0.2, 0.25) is 5.91 Å². The number of nitrogens with zero attached hydrogens (tertiary/aromatic N) is 2. The van der Waals surface area contributed by atoms with Crippen LogP contribution in [0.2, 0.25) is 0 Å². The Morgan fingerprint density at radius 2 is 1.85 bits per heavy atom. The van der Waals surface area contributed by atoms with Gasteiger partial charge < -0.3 is 15.2 Å². The van der Waals surface area contributed by atoms with Crippen LogP contribution < -0.4 is 10.6 Å². The Balaban J connectivity index is 1.53. The Morgan fingerprint density at radius 3 is 2.52 bits per heavy atom. The zero-order valence-electron chi connectivity index (χ0n) is 15.3. The number of hydrogen-bond acceptors (Lipinski definition) is 3. The molecule has 1 heterocycles. The van der Waals surface area contributed by atoms with E-state index in [1.165, 1.54) is 0 Å². The second-order valence-corrected chi connectivity index (χ2v) is 6.35. The van der Waals surface area contributed by atoms with Crippen LogP contribution in [0, 0.1) is 6.92 Å². The standard InChI is InChI=1S/C21H22N4O2/c1-15-5-3-4-6-19(15)21(27)23-13-20(26)24-16(2)17-7-9-18(10-8-17)25-12-11-22-14-25/h3-12,14,16H,13H2,1-2H3,(H,23,27)(H,24,26). The molecule has 0 aliphatic rings. The summed E-state index contributed by atoms with van der Waals surface area (Å²) in [5.41, 5.74) is 3.44. The van der Waals surface area contributed by atoms with Gasteiger partial charge in [0.15, 0.2) is 0 Å². The third-order valence-corrected chi connectivity index (χ3v) is 4.37. The second kappa shape index (κ2) is 8.31. The van der Waals surface area contributed by atoms with Crippen molar-refractivity contribution in [1.82, 2.24) is 20.2 Å². The van der Waals surface area contributed by atoms with Gasteiger partial charge in [-0.05, 0) is 43.2 Å². The van der Waals surface area contributed by atoms with Crippen LogP contribution in [0.1, 0.15) is 34.5 Å². The minimum absolute atomic E-state index is 0.0649. The van der Waals surface area contributed by atoms with Gasteiger partial charge in [0.1, 0.15) is 0 Å². The van der Waals surface area contributed by atoms with Gasteiger partial charge in [-0.25, -0.2) is 4.98 Å². The number of aromatic nitrogens is 2. The van der Waals surface area contributed by atoms with Gasteiger partial charge in [0, 0.05) is 23.6 Å². The molecule has 1 aromatic heterocycles. The highest BCUT2D eigenvalue weighted by atomic mass is 16.2. The van der Waals surface area contributed by atoms with Crippen molar-refractivity contribution in [2.24, 2.45) is 0 Å². The predicted octanol–water partition coefficient (Wildman–Crippen LogP) is 2.79. The summed E-state index contributed by atoms with van der Waals surface area (Å²) in [7, 11) is 0. The number of rotatable bonds is 6. The van der Waals surface area contributed by atoms with Crippen LogP contribution in [0.15, 0.2) is 67.3 Å². The average Bonchev–Trinajstić information content (AvgIpc) is 3.21. The molecule has 2 aromatic carbocycles. The Kier molecular flexibility index (Phi) is 5.66. The van der Waals surface area contributed by atoms with E-state index in [1.54, 1.807) is 24.7 Å². The largest absolute Gasteiger partial charge is 0.348 e. The van der Waals surface area contributed by atoms with Crippen molar-refractivity contribution in [3.05, 3.63) is 83.9 Å². The molecule has 2 N–H and O–H groups in total. The Labute approximate surface area is 158 Å². The van der Waals surface area contributed by atoms with Crippen LogP contribution >= 0.6 is 0 Å². The number of imidazole rings is 1. The van der Waals surface area contributed by atoms with Gasteiger partial charge >= 0.3 is 0 Å². The van der Waals surface area contributed by atoms with Gasteiger partial charge in [-0.3, -0.25) is 9.59 Å². The molecule has 2 amide bonds. The van der Waals surface area contributed by atoms with Gasteiger partial charge in [-0.2, -0.15) is 0 Å². The molecule has 1 atom stereocenters. The monoisotopic (exact) mass is 362 g/mol. The van der Waals surface area contributed by atoms with Gasteiger partial charge in [0.25, 0.3) is 5.91 Å². The molecule has 0 bridgehead atoms. The maximum Gasteiger partial charge on any atom is 0.251 e. The van der Waals surface area contributed by atoms with E-state index < -0.39 is 0 Å². The third kappa shape index (κ3) is 4.61. The van der Waals surface area contributed by atoms with Crippen molar-refractivity contribution in [1.29, 1.82) is 0 Å². The molecular weight excluding hydrogens is 340 g/mol. The first kappa shape index (κ1) is 18.4. The molecule has 0 saturated heterocycles. The molecular formula is C21H22N4O2. The summed E-state index contributed by atoms with van der Waals surface area (Å²) < 4.78 is 1.91. The summed E-state index contributed by atoms with van der Waals surface area (Å²) in [6.07, 6.45) is 5.33. The van der Waals surface area contributed by atoms with E-state index in [-0.39, 0.29) is 24.4 Å². The fourth-order valence-corrected chi connectivity index (χ4v) is 2.81. The van der Waals surface area contributed by atoms with E-state index in [2.05, 4.69) is 15.6 Å². The predicted molar refractivity (Wildman–Crippen MR) is 104 cm³/mol. The quantitative estimate of drug-likeness (QED) is 0.708. The normalized spacial score (nSPS) is 11.6. The molecule has 0 saturated carbocycles. The van der Waals surface area contributed by atoms with E-state index in [0.29, 0.717) is 5.56 Å². The van der Waals surface area contributed by atoms with E-state index in [1.807, 2.05) is 61.0 Å². The lowest BCUT2D eigenvalue weighted by atomic mass is 10.1. The lowest BCUT2D eigenvalue weighted by molar-refractivity contribution is -0.120. The number of carbonyl (C=O) groups excluding carboxylic acids is 2. The molecule has 0 spiro atoms. The summed E-state index contributed by atoms with van der Waals surface area (Å²) in [4.78, 5) is 28.4. The fraction of sp³-hybridized carbons (Fsp3) is 0.190. The molecule has 1 unspecified atom stereocenters. The number of nitrogens with one attached hydrogen (secondary N) is 2. The summed E-state index contributed by atoms with van der Waals surface area (Å²) in [6.45, 7) is 3.71. The first-order valence-corrected chi connectivity index (χ1v) is 8.76. The minimum atomic E-state index is -0.249. The summed E-state index contributed by atoms with van der Waals surface area (Å²) in [5.74, 6) is -0.483. The number of aryl methyl sites for hydroxylation is 1. The topological polar surface area (TPSA) is 76.0 Å². The van der Waals surface area contributed by atoms with Crippen molar-refractivity contribution in [3.8, 4) is 5.69 Å². The molecule has 0 radical (unpaired) electrons. The van der Waals surface area contributed by atoms with Crippen molar-refractivity contribution < 1.29 is 9.59 Å². The fourth-order valence-electron chi connectivity index (χ4n) is 2.81. The van der Waals surface area contributed by atoms with Gasteiger partial charge in [0.05, 0.1) is 18.9 Å². The number of benzene rings is 2. The minimum Gasteiger partial charge on any atom is -0.348 e. The summed E-state index contributed by atoms with van der Waals surface area (Å²) >= 11 is 0. The first-order valence-electron chi connectivity index (χ1n) is 8.76. The SMILES string of the molecule is Cc1ccccc1C(=O)NCC(=O)NC(C)c1ccc(-n2ccnc2)cc1. The number of hydrogen-bond donors (Lipinski definition) is 2. The average molecular weight is 362 g/mol. The highest BCUT2D eigenvalue weighted by molar-refractivity contribution is 5.97. The van der Waals surface area contributed by atoms with Crippen LogP contribution in [0.5, 0.6) is 0 Å². The molecule has 0 aliphatic heterocycles. The Morgan fingerprint density at radius 1 is 1.11 bits per heavy atom. The molecule has 6 nitrogen and oxygen atoms in total. The molecule has 6 heteroatoms. The molecule has 3 aromatic rings. The Bertz CT molecular complexity index is 918. The van der Waals surface area contributed by atoms with E-state index >= 15 is 0 Å². The van der Waals surface area contributed by atoms with Crippen LogP contribution in [0.25, 0.3) is 5.69 Å². The Hall–Kier alpha value is -3.41. The highest BCUT2D eigenvalue weighted by Crippen LogP contribution is 2.15. The van der Waals surface area contributed by atoms with Crippen molar-refractivity contribution in [3.63, 3.8) is 0 Å². The van der Waals surface area contributed by atoms with E-state index in [4.69, 9.17) is 0 Å². The van der Waals surface area contributed by atoms with E-state index in [9.17, 15) is 9.59 Å². The maximum atomic E-state index is 12.2. The van der Waals surface area contributed by atoms with Gasteiger partial charge in [-0.15, -0.1) is 0 Å². The van der Waals surface area contributed by atoms with Gasteiger partial charge in [-0.1, -0.05) is 30.3 Å². The summed E-state index contributed by atoms with van der Waals surface area (Å²) in [6, 6.07) is 15.0.